The first-order valence-electron chi connectivity index (χ1n) is 16.0. The molecule has 8 nitrogen and oxygen atoms in total. The average Bonchev–Trinajstić information content (AvgIpc) is 3.04. The van der Waals surface area contributed by atoms with E-state index in [0.29, 0.717) is 24.3 Å². The SMILES string of the molecule is CC1=C(C)CC(C(=O)Nc2cc(C(F)(F)F)cc(C(F)(F)F)c2)C(C(=O)O)C1.CC1=CCC(C(=O)Nc2cc(C(F)(F)F)cc(C(F)(F)F)c2)C(C(=O)O)C1. The van der Waals surface area contributed by atoms with Crippen LogP contribution < -0.4 is 10.6 Å². The second-order valence-corrected chi connectivity index (χ2v) is 13.1. The number of aliphatic carboxylic acids is 2. The van der Waals surface area contributed by atoms with Gasteiger partial charge in [-0.2, -0.15) is 52.7 Å². The lowest BCUT2D eigenvalue weighted by Gasteiger charge is -2.29. The van der Waals surface area contributed by atoms with Crippen LogP contribution in [0.2, 0.25) is 0 Å². The molecule has 0 spiro atoms. The van der Waals surface area contributed by atoms with E-state index < -0.39 is 106 Å². The molecule has 0 heterocycles. The second-order valence-electron chi connectivity index (χ2n) is 13.1. The van der Waals surface area contributed by atoms with Crippen LogP contribution in [-0.2, 0) is 43.9 Å². The number of alkyl halides is 12. The fourth-order valence-electron chi connectivity index (χ4n) is 5.97. The van der Waals surface area contributed by atoms with Crippen molar-refractivity contribution in [1.29, 1.82) is 0 Å². The summed E-state index contributed by atoms with van der Waals surface area (Å²) in [5.74, 6) is -8.83. The van der Waals surface area contributed by atoms with Crippen LogP contribution in [0.15, 0.2) is 59.2 Å². The molecular formula is C35H32F12N2O6. The summed E-state index contributed by atoms with van der Waals surface area (Å²) < 4.78 is 155. The number of carbonyl (C=O) groups excluding carboxylic acids is 2. The minimum atomic E-state index is -5.05. The van der Waals surface area contributed by atoms with Gasteiger partial charge in [0, 0.05) is 11.4 Å². The first-order valence-corrected chi connectivity index (χ1v) is 16.0. The zero-order chi connectivity index (χ0) is 42.0. The Kier molecular flexibility index (Phi) is 13.2. The molecule has 4 rings (SSSR count). The Morgan fingerprint density at radius 3 is 1.15 bits per heavy atom. The average molecular weight is 805 g/mol. The molecule has 2 amide bonds. The first kappa shape index (κ1) is 44.4. The molecule has 2 aliphatic rings. The number of carbonyl (C=O) groups is 4. The fourth-order valence-corrected chi connectivity index (χ4v) is 5.97. The minimum absolute atomic E-state index is 0.0275. The normalized spacial score (nSPS) is 20.8. The highest BCUT2D eigenvalue weighted by atomic mass is 19.4. The zero-order valence-electron chi connectivity index (χ0n) is 28.7. The van der Waals surface area contributed by atoms with E-state index in [1.807, 2.05) is 10.6 Å². The molecular weight excluding hydrogens is 772 g/mol. The summed E-state index contributed by atoms with van der Waals surface area (Å²) in [5, 5.41) is 22.6. The Balaban J connectivity index is 0.000000296. The highest BCUT2D eigenvalue weighted by Gasteiger charge is 2.41. The summed E-state index contributed by atoms with van der Waals surface area (Å²) in [6.07, 6.45) is -18.3. The van der Waals surface area contributed by atoms with Gasteiger partial charge in [0.2, 0.25) is 11.8 Å². The van der Waals surface area contributed by atoms with Gasteiger partial charge in [-0.05, 0) is 82.9 Å². The molecule has 55 heavy (non-hydrogen) atoms. The van der Waals surface area contributed by atoms with Crippen molar-refractivity contribution in [2.24, 2.45) is 23.7 Å². The molecule has 0 fully saturated rings. The molecule has 4 atom stereocenters. The molecule has 0 saturated heterocycles. The van der Waals surface area contributed by atoms with Crippen LogP contribution in [0.3, 0.4) is 0 Å². The van der Waals surface area contributed by atoms with Gasteiger partial charge in [-0.1, -0.05) is 22.8 Å². The van der Waals surface area contributed by atoms with Gasteiger partial charge < -0.3 is 20.8 Å². The van der Waals surface area contributed by atoms with E-state index in [1.54, 1.807) is 26.8 Å². The van der Waals surface area contributed by atoms with Crippen molar-refractivity contribution in [3.05, 3.63) is 81.4 Å². The number of benzene rings is 2. The van der Waals surface area contributed by atoms with E-state index in [4.69, 9.17) is 0 Å². The molecule has 4 N–H and O–H groups in total. The van der Waals surface area contributed by atoms with Crippen LogP contribution >= 0.6 is 0 Å². The van der Waals surface area contributed by atoms with Crippen molar-refractivity contribution < 1.29 is 82.1 Å². The quantitative estimate of drug-likeness (QED) is 0.170. The maximum Gasteiger partial charge on any atom is 0.416 e. The number of nitrogens with one attached hydrogen (secondary N) is 2. The van der Waals surface area contributed by atoms with Crippen LogP contribution in [0, 0.1) is 23.7 Å². The van der Waals surface area contributed by atoms with Crippen molar-refractivity contribution in [1.82, 2.24) is 0 Å². The number of hydrogen-bond donors (Lipinski definition) is 4. The van der Waals surface area contributed by atoms with Gasteiger partial charge in [0.1, 0.15) is 0 Å². The van der Waals surface area contributed by atoms with Gasteiger partial charge in [0.05, 0.1) is 45.9 Å². The number of carboxylic acids is 2. The number of hydrogen-bond acceptors (Lipinski definition) is 4. The molecule has 2 aromatic carbocycles. The van der Waals surface area contributed by atoms with Crippen molar-refractivity contribution in [3.8, 4) is 0 Å². The van der Waals surface area contributed by atoms with Gasteiger partial charge >= 0.3 is 36.6 Å². The highest BCUT2D eigenvalue weighted by Crippen LogP contribution is 2.41. The van der Waals surface area contributed by atoms with Crippen LogP contribution in [-0.4, -0.2) is 34.0 Å². The summed E-state index contributed by atoms with van der Waals surface area (Å²) in [5.41, 5.74) is -5.37. The van der Waals surface area contributed by atoms with E-state index in [1.165, 1.54) is 0 Å². The predicted molar refractivity (Wildman–Crippen MR) is 170 cm³/mol. The van der Waals surface area contributed by atoms with Gasteiger partial charge in [-0.15, -0.1) is 0 Å². The number of allylic oxidation sites excluding steroid dienone is 4. The zero-order valence-corrected chi connectivity index (χ0v) is 28.7. The lowest BCUT2D eigenvalue weighted by Crippen LogP contribution is -2.36. The maximum absolute atomic E-state index is 12.9. The summed E-state index contributed by atoms with van der Waals surface area (Å²) in [6.45, 7) is 5.08. The van der Waals surface area contributed by atoms with Gasteiger partial charge in [-0.3, -0.25) is 19.2 Å². The molecule has 0 aromatic heterocycles. The molecule has 20 heteroatoms. The predicted octanol–water partition coefficient (Wildman–Crippen LogP) is 9.83. The number of amides is 2. The molecule has 4 unspecified atom stereocenters. The highest BCUT2D eigenvalue weighted by molar-refractivity contribution is 5.96. The Morgan fingerprint density at radius 2 is 0.818 bits per heavy atom. The lowest BCUT2D eigenvalue weighted by molar-refractivity contribution is -0.147. The summed E-state index contributed by atoms with van der Waals surface area (Å²) >= 11 is 0. The number of carboxylic acid groups (broad SMARTS) is 2. The van der Waals surface area contributed by atoms with Crippen LogP contribution in [0.4, 0.5) is 64.1 Å². The Labute approximate surface area is 304 Å². The van der Waals surface area contributed by atoms with Gasteiger partial charge in [-0.25, -0.2) is 0 Å². The number of halogens is 12. The number of rotatable bonds is 6. The monoisotopic (exact) mass is 804 g/mol. The third kappa shape index (κ3) is 11.7. The molecule has 0 radical (unpaired) electrons. The molecule has 0 saturated carbocycles. The standard InChI is InChI=1S/C18H17F6NO3.C17H15F6NO3/c1-8-3-13(14(16(27)28)4-9(8)2)15(26)25-12-6-10(17(19,20)21)5-11(7-12)18(22,23)24;1-8-2-3-12(13(4-8)15(26)27)14(25)24-11-6-9(16(18,19)20)5-10(7-11)17(21,22)23/h5-7,13-14H,3-4H2,1-2H3,(H,25,26)(H,27,28);2,5-7,12-13H,3-4H2,1H3,(H,24,25)(H,26,27). The second kappa shape index (κ2) is 16.4. The number of anilines is 2. The molecule has 302 valence electrons. The third-order valence-electron chi connectivity index (χ3n) is 9.03. The van der Waals surface area contributed by atoms with Gasteiger partial charge in [0.25, 0.3) is 0 Å². The maximum atomic E-state index is 12.9. The van der Waals surface area contributed by atoms with Crippen molar-refractivity contribution in [2.75, 3.05) is 10.6 Å². The Bertz CT molecular complexity index is 1810. The van der Waals surface area contributed by atoms with Gasteiger partial charge in [0.15, 0.2) is 0 Å². The Morgan fingerprint density at radius 1 is 0.509 bits per heavy atom. The van der Waals surface area contributed by atoms with Crippen molar-refractivity contribution in [3.63, 3.8) is 0 Å². The molecule has 0 bridgehead atoms. The van der Waals surface area contributed by atoms with E-state index in [9.17, 15) is 82.1 Å². The van der Waals surface area contributed by atoms with Crippen molar-refractivity contribution >= 4 is 35.1 Å². The Hall–Kier alpha value is -5.04. The molecule has 0 aliphatic heterocycles. The molecule has 2 aliphatic carbocycles. The van der Waals surface area contributed by atoms with E-state index >= 15 is 0 Å². The third-order valence-corrected chi connectivity index (χ3v) is 9.03. The fraction of sp³-hybridized carbons (Fsp3) is 0.429. The van der Waals surface area contributed by atoms with E-state index in [0.717, 1.165) is 16.7 Å². The summed E-state index contributed by atoms with van der Waals surface area (Å²) in [4.78, 5) is 47.6. The largest absolute Gasteiger partial charge is 0.481 e. The lowest BCUT2D eigenvalue weighted by atomic mass is 9.76. The smallest absolute Gasteiger partial charge is 0.416 e. The topological polar surface area (TPSA) is 133 Å². The summed E-state index contributed by atoms with van der Waals surface area (Å²) in [6, 6.07) is 1.44. The van der Waals surface area contributed by atoms with Crippen molar-refractivity contribution in [2.45, 2.75) is 71.2 Å². The summed E-state index contributed by atoms with van der Waals surface area (Å²) in [7, 11) is 0. The van der Waals surface area contributed by atoms with Crippen LogP contribution in [0.5, 0.6) is 0 Å². The van der Waals surface area contributed by atoms with Crippen LogP contribution in [0.25, 0.3) is 0 Å². The molecule has 2 aromatic rings. The van der Waals surface area contributed by atoms with Crippen LogP contribution in [0.1, 0.15) is 68.7 Å². The minimum Gasteiger partial charge on any atom is -0.481 e. The first-order chi connectivity index (χ1) is 25.0. The van der Waals surface area contributed by atoms with E-state index in [2.05, 4.69) is 0 Å². The van der Waals surface area contributed by atoms with E-state index in [-0.39, 0.29) is 37.8 Å².